The highest BCUT2D eigenvalue weighted by Crippen LogP contribution is 2.29. The number of amides is 1. The lowest BCUT2D eigenvalue weighted by molar-refractivity contribution is 0.0962. The number of nitrogens with one attached hydrogen (secondary N) is 1. The van der Waals surface area contributed by atoms with Crippen LogP contribution in [-0.4, -0.2) is 20.1 Å². The lowest BCUT2D eigenvalue weighted by atomic mass is 9.96. The van der Waals surface area contributed by atoms with Crippen LogP contribution >= 0.6 is 0 Å². The van der Waals surface area contributed by atoms with Gasteiger partial charge in [-0.2, -0.15) is 0 Å². The largest absolute Gasteiger partial charge is 0.496 e. The molecule has 0 aliphatic rings. The van der Waals surface area contributed by atoms with Gasteiger partial charge in [0.15, 0.2) is 0 Å². The number of aryl methyl sites for hydroxylation is 1. The normalized spacial score (nSPS) is 10.4. The van der Waals surface area contributed by atoms with Gasteiger partial charge in [-0.15, -0.1) is 0 Å². The molecule has 0 heterocycles. The van der Waals surface area contributed by atoms with Crippen LogP contribution in [0.3, 0.4) is 0 Å². The second-order valence-corrected chi connectivity index (χ2v) is 4.14. The minimum atomic E-state index is -0.0537. The minimum Gasteiger partial charge on any atom is -0.496 e. The molecule has 1 aromatic rings. The highest BCUT2D eigenvalue weighted by Gasteiger charge is 2.14. The first-order valence-corrected chi connectivity index (χ1v) is 5.41. The van der Waals surface area contributed by atoms with Crippen LogP contribution in [0, 0.1) is 6.92 Å². The Hall–Kier alpha value is -1.51. The Balaban J connectivity index is 3.33. The second kappa shape index (κ2) is 5.01. The van der Waals surface area contributed by atoms with Crippen LogP contribution in [0.15, 0.2) is 12.1 Å². The van der Waals surface area contributed by atoms with Crippen molar-refractivity contribution in [2.24, 2.45) is 0 Å². The molecule has 0 aliphatic heterocycles. The van der Waals surface area contributed by atoms with Crippen molar-refractivity contribution in [3.63, 3.8) is 0 Å². The molecule has 0 atom stereocenters. The summed E-state index contributed by atoms with van der Waals surface area (Å²) >= 11 is 0. The Morgan fingerprint density at radius 3 is 2.44 bits per heavy atom. The number of rotatable bonds is 3. The van der Waals surface area contributed by atoms with E-state index in [1.807, 2.05) is 19.1 Å². The van der Waals surface area contributed by atoms with Gasteiger partial charge >= 0.3 is 0 Å². The van der Waals surface area contributed by atoms with Crippen LogP contribution in [0.2, 0.25) is 0 Å². The first kappa shape index (κ1) is 12.6. The molecule has 0 fully saturated rings. The summed E-state index contributed by atoms with van der Waals surface area (Å²) in [4.78, 5) is 11.7. The Morgan fingerprint density at radius 1 is 1.38 bits per heavy atom. The van der Waals surface area contributed by atoms with Crippen molar-refractivity contribution in [3.8, 4) is 5.75 Å². The SMILES string of the molecule is CNC(=O)c1cc(C(C)C)c(OC)cc1C. The molecule has 3 nitrogen and oxygen atoms in total. The summed E-state index contributed by atoms with van der Waals surface area (Å²) in [6.07, 6.45) is 0. The number of carbonyl (C=O) groups is 1. The van der Waals surface area contributed by atoms with E-state index in [4.69, 9.17) is 4.74 Å². The molecule has 0 saturated carbocycles. The van der Waals surface area contributed by atoms with Crippen molar-refractivity contribution in [1.82, 2.24) is 5.32 Å². The number of benzene rings is 1. The molecular weight excluding hydrogens is 202 g/mol. The predicted molar refractivity (Wildman–Crippen MR) is 65.2 cm³/mol. The summed E-state index contributed by atoms with van der Waals surface area (Å²) < 4.78 is 5.32. The van der Waals surface area contributed by atoms with Gasteiger partial charge in [0.25, 0.3) is 5.91 Å². The van der Waals surface area contributed by atoms with Crippen molar-refractivity contribution in [2.45, 2.75) is 26.7 Å². The lowest BCUT2D eigenvalue weighted by Crippen LogP contribution is -2.19. The Morgan fingerprint density at radius 2 is 2.00 bits per heavy atom. The smallest absolute Gasteiger partial charge is 0.251 e. The highest BCUT2D eigenvalue weighted by molar-refractivity contribution is 5.95. The monoisotopic (exact) mass is 221 g/mol. The Kier molecular flexibility index (Phi) is 3.93. The second-order valence-electron chi connectivity index (χ2n) is 4.14. The van der Waals surface area contributed by atoms with Crippen LogP contribution in [0.25, 0.3) is 0 Å². The molecule has 88 valence electrons. The minimum absolute atomic E-state index is 0.0537. The van der Waals surface area contributed by atoms with Gasteiger partial charge in [0.1, 0.15) is 5.75 Å². The molecule has 1 N–H and O–H groups in total. The molecule has 1 amide bonds. The summed E-state index contributed by atoms with van der Waals surface area (Å²) in [7, 11) is 3.29. The van der Waals surface area contributed by atoms with Gasteiger partial charge in [-0.3, -0.25) is 4.79 Å². The van der Waals surface area contributed by atoms with E-state index in [1.165, 1.54) is 0 Å². The summed E-state index contributed by atoms with van der Waals surface area (Å²) in [6, 6.07) is 3.83. The highest BCUT2D eigenvalue weighted by atomic mass is 16.5. The van der Waals surface area contributed by atoms with Crippen molar-refractivity contribution in [2.75, 3.05) is 14.2 Å². The topological polar surface area (TPSA) is 38.3 Å². The van der Waals surface area contributed by atoms with E-state index < -0.39 is 0 Å². The molecule has 1 rings (SSSR count). The van der Waals surface area contributed by atoms with E-state index in [9.17, 15) is 4.79 Å². The molecule has 0 spiro atoms. The molecular formula is C13H19NO2. The number of hydrogen-bond donors (Lipinski definition) is 1. The third kappa shape index (κ3) is 2.35. The zero-order valence-corrected chi connectivity index (χ0v) is 10.5. The summed E-state index contributed by atoms with van der Waals surface area (Å²) in [6.45, 7) is 6.08. The quantitative estimate of drug-likeness (QED) is 0.851. The molecule has 0 aromatic heterocycles. The number of ether oxygens (including phenoxy) is 1. The standard InChI is InChI=1S/C13H19NO2/c1-8(2)10-7-11(13(15)14-4)9(3)6-12(10)16-5/h6-8H,1-5H3,(H,14,15). The Labute approximate surface area is 96.8 Å². The van der Waals surface area contributed by atoms with E-state index in [1.54, 1.807) is 14.2 Å². The maximum Gasteiger partial charge on any atom is 0.251 e. The molecule has 16 heavy (non-hydrogen) atoms. The number of hydrogen-bond acceptors (Lipinski definition) is 2. The molecule has 0 radical (unpaired) electrons. The van der Waals surface area contributed by atoms with Gasteiger partial charge in [-0.25, -0.2) is 0 Å². The van der Waals surface area contributed by atoms with E-state index >= 15 is 0 Å². The van der Waals surface area contributed by atoms with Gasteiger partial charge in [0, 0.05) is 12.6 Å². The fourth-order valence-electron chi connectivity index (χ4n) is 1.71. The summed E-state index contributed by atoms with van der Waals surface area (Å²) in [5, 5.41) is 2.65. The average molecular weight is 221 g/mol. The van der Waals surface area contributed by atoms with Crippen molar-refractivity contribution in [1.29, 1.82) is 0 Å². The molecule has 1 aromatic carbocycles. The lowest BCUT2D eigenvalue weighted by Gasteiger charge is -2.15. The molecule has 0 saturated heterocycles. The summed E-state index contributed by atoms with van der Waals surface area (Å²) in [5.74, 6) is 1.13. The van der Waals surface area contributed by atoms with Crippen LogP contribution in [0.5, 0.6) is 5.75 Å². The fourth-order valence-corrected chi connectivity index (χ4v) is 1.71. The maximum absolute atomic E-state index is 11.7. The van der Waals surface area contributed by atoms with Gasteiger partial charge in [0.05, 0.1) is 7.11 Å². The fraction of sp³-hybridized carbons (Fsp3) is 0.462. The van der Waals surface area contributed by atoms with Gasteiger partial charge in [0.2, 0.25) is 0 Å². The van der Waals surface area contributed by atoms with Gasteiger partial charge in [-0.05, 0) is 36.1 Å². The maximum atomic E-state index is 11.7. The first-order valence-electron chi connectivity index (χ1n) is 5.41. The third-order valence-corrected chi connectivity index (χ3v) is 2.67. The van der Waals surface area contributed by atoms with Crippen LogP contribution in [-0.2, 0) is 0 Å². The summed E-state index contributed by atoms with van der Waals surface area (Å²) in [5.41, 5.74) is 2.71. The van der Waals surface area contributed by atoms with E-state index in [2.05, 4.69) is 19.2 Å². The third-order valence-electron chi connectivity index (χ3n) is 2.67. The van der Waals surface area contributed by atoms with Crippen molar-refractivity contribution in [3.05, 3.63) is 28.8 Å². The molecule has 0 bridgehead atoms. The van der Waals surface area contributed by atoms with Crippen LogP contribution in [0.4, 0.5) is 0 Å². The molecule has 0 unspecified atom stereocenters. The Bertz CT molecular complexity index is 397. The van der Waals surface area contributed by atoms with Crippen LogP contribution in [0.1, 0.15) is 41.3 Å². The van der Waals surface area contributed by atoms with Gasteiger partial charge in [-0.1, -0.05) is 13.8 Å². The first-order chi connectivity index (χ1) is 7.51. The van der Waals surface area contributed by atoms with E-state index in [-0.39, 0.29) is 5.91 Å². The average Bonchev–Trinajstić information content (AvgIpc) is 2.27. The molecule has 0 aliphatic carbocycles. The van der Waals surface area contributed by atoms with Crippen molar-refractivity contribution < 1.29 is 9.53 Å². The number of carbonyl (C=O) groups excluding carboxylic acids is 1. The molecule has 3 heteroatoms. The van der Waals surface area contributed by atoms with Crippen LogP contribution < -0.4 is 10.1 Å². The van der Waals surface area contributed by atoms with Crippen molar-refractivity contribution >= 4 is 5.91 Å². The number of methoxy groups -OCH3 is 1. The predicted octanol–water partition coefficient (Wildman–Crippen LogP) is 2.49. The van der Waals surface area contributed by atoms with E-state index in [0.717, 1.165) is 16.9 Å². The van der Waals surface area contributed by atoms with Gasteiger partial charge < -0.3 is 10.1 Å². The van der Waals surface area contributed by atoms with E-state index in [0.29, 0.717) is 11.5 Å². The zero-order valence-electron chi connectivity index (χ0n) is 10.5. The zero-order chi connectivity index (χ0) is 12.3.